The topological polar surface area (TPSA) is 106 Å². The van der Waals surface area contributed by atoms with Gasteiger partial charge in [0.25, 0.3) is 0 Å². The van der Waals surface area contributed by atoms with Crippen molar-refractivity contribution in [2.45, 2.75) is 23.3 Å². The second-order valence-corrected chi connectivity index (χ2v) is 8.22. The van der Waals surface area contributed by atoms with Crippen molar-refractivity contribution in [3.05, 3.63) is 59.4 Å². The van der Waals surface area contributed by atoms with Gasteiger partial charge in [0, 0.05) is 6.54 Å². The first-order valence-electron chi connectivity index (χ1n) is 6.47. The predicted octanol–water partition coefficient (Wildman–Crippen LogP) is 1.26. The van der Waals surface area contributed by atoms with Crippen LogP contribution in [0.1, 0.15) is 11.1 Å². The average Bonchev–Trinajstić information content (AvgIpc) is 2.44. The molecule has 0 saturated heterocycles. The molecule has 6 nitrogen and oxygen atoms in total. The molecule has 2 aromatic carbocycles. The van der Waals surface area contributed by atoms with Crippen LogP contribution in [-0.4, -0.2) is 16.8 Å². The van der Waals surface area contributed by atoms with E-state index in [-0.39, 0.29) is 16.3 Å². The Morgan fingerprint density at radius 1 is 1.04 bits per heavy atom. The summed E-state index contributed by atoms with van der Waals surface area (Å²) in [7, 11) is -7.59. The maximum Gasteiger partial charge on any atom is 0.241 e. The molecule has 0 aromatic heterocycles. The first-order valence-corrected chi connectivity index (χ1v) is 9.50. The Hall–Kier alpha value is -1.81. The van der Waals surface area contributed by atoms with Crippen LogP contribution < -0.4 is 9.86 Å². The van der Waals surface area contributed by atoms with Crippen molar-refractivity contribution in [1.29, 1.82) is 0 Å². The van der Waals surface area contributed by atoms with Gasteiger partial charge in [-0.15, -0.1) is 0 Å². The van der Waals surface area contributed by atoms with Gasteiger partial charge in [0.05, 0.1) is 9.79 Å². The Balaban J connectivity index is 2.16. The number of rotatable bonds is 5. The number of sulfonamides is 2. The van der Waals surface area contributed by atoms with Crippen LogP contribution in [0, 0.1) is 12.7 Å². The van der Waals surface area contributed by atoms with Crippen LogP contribution in [0.2, 0.25) is 0 Å². The molecule has 0 aliphatic carbocycles. The number of hydrogen-bond acceptors (Lipinski definition) is 4. The van der Waals surface area contributed by atoms with E-state index in [9.17, 15) is 21.2 Å². The summed E-state index contributed by atoms with van der Waals surface area (Å²) in [4.78, 5) is -0.0708. The van der Waals surface area contributed by atoms with E-state index in [0.717, 1.165) is 12.1 Å². The summed E-state index contributed by atoms with van der Waals surface area (Å²) in [5.74, 6) is -0.514. The third-order valence-corrected chi connectivity index (χ3v) is 5.64. The summed E-state index contributed by atoms with van der Waals surface area (Å²) in [6.07, 6.45) is 0. The van der Waals surface area contributed by atoms with Gasteiger partial charge < -0.3 is 0 Å². The zero-order valence-electron chi connectivity index (χ0n) is 12.2. The van der Waals surface area contributed by atoms with Crippen LogP contribution >= 0.6 is 0 Å². The standard InChI is InChI=1S/C14H15FN2O4S2/c1-10-8-12(15)4-7-14(10)23(20,21)17-9-11-2-5-13(6-3-11)22(16,18)19/h2-8,17H,9H2,1H3,(H2,16,18,19). The largest absolute Gasteiger partial charge is 0.241 e. The predicted molar refractivity (Wildman–Crippen MR) is 83.0 cm³/mol. The Kier molecular flexibility index (Phi) is 4.85. The van der Waals surface area contributed by atoms with Crippen LogP contribution in [0.5, 0.6) is 0 Å². The lowest BCUT2D eigenvalue weighted by Gasteiger charge is -2.09. The molecule has 0 spiro atoms. The van der Waals surface area contributed by atoms with Crippen LogP contribution in [0.25, 0.3) is 0 Å². The van der Waals surface area contributed by atoms with E-state index in [0.29, 0.717) is 11.1 Å². The molecule has 9 heteroatoms. The Morgan fingerprint density at radius 3 is 2.17 bits per heavy atom. The average molecular weight is 358 g/mol. The highest BCUT2D eigenvalue weighted by atomic mass is 32.2. The summed E-state index contributed by atoms with van der Waals surface area (Å²) >= 11 is 0. The van der Waals surface area contributed by atoms with E-state index in [4.69, 9.17) is 5.14 Å². The quantitative estimate of drug-likeness (QED) is 0.839. The zero-order valence-corrected chi connectivity index (χ0v) is 13.8. The van der Waals surface area contributed by atoms with Crippen LogP contribution in [0.15, 0.2) is 52.3 Å². The molecule has 0 unspecified atom stereocenters. The summed E-state index contributed by atoms with van der Waals surface area (Å²) in [5.41, 5.74) is 0.850. The van der Waals surface area contributed by atoms with E-state index in [1.54, 1.807) is 0 Å². The van der Waals surface area contributed by atoms with Crippen LogP contribution in [0.4, 0.5) is 4.39 Å². The molecule has 0 bridgehead atoms. The van der Waals surface area contributed by atoms with Crippen molar-refractivity contribution in [3.8, 4) is 0 Å². The molecule has 0 heterocycles. The van der Waals surface area contributed by atoms with Crippen molar-refractivity contribution >= 4 is 20.0 Å². The molecule has 0 radical (unpaired) electrons. The molecule has 3 N–H and O–H groups in total. The van der Waals surface area contributed by atoms with Gasteiger partial charge in [0.1, 0.15) is 5.82 Å². The van der Waals surface area contributed by atoms with Gasteiger partial charge in [0.2, 0.25) is 20.0 Å². The number of benzene rings is 2. The normalized spacial score (nSPS) is 12.3. The number of hydrogen-bond donors (Lipinski definition) is 2. The van der Waals surface area contributed by atoms with Crippen LogP contribution in [0.3, 0.4) is 0 Å². The molecule has 0 aliphatic rings. The molecule has 23 heavy (non-hydrogen) atoms. The number of primary sulfonamides is 1. The highest BCUT2D eigenvalue weighted by molar-refractivity contribution is 7.89. The molecule has 2 rings (SSSR count). The van der Waals surface area contributed by atoms with Crippen molar-refractivity contribution in [1.82, 2.24) is 4.72 Å². The maximum atomic E-state index is 13.0. The van der Waals surface area contributed by atoms with E-state index < -0.39 is 25.9 Å². The second kappa shape index (κ2) is 6.36. The van der Waals surface area contributed by atoms with Gasteiger partial charge in [-0.3, -0.25) is 0 Å². The fraction of sp³-hybridized carbons (Fsp3) is 0.143. The van der Waals surface area contributed by atoms with E-state index in [1.807, 2.05) is 0 Å². The number of halogens is 1. The lowest BCUT2D eigenvalue weighted by Crippen LogP contribution is -2.24. The van der Waals surface area contributed by atoms with Gasteiger partial charge in [0.15, 0.2) is 0 Å². The lowest BCUT2D eigenvalue weighted by molar-refractivity contribution is 0.579. The molecule has 124 valence electrons. The van der Waals surface area contributed by atoms with Crippen molar-refractivity contribution in [3.63, 3.8) is 0 Å². The van der Waals surface area contributed by atoms with Crippen LogP contribution in [-0.2, 0) is 26.6 Å². The molecule has 2 aromatic rings. The van der Waals surface area contributed by atoms with E-state index in [1.165, 1.54) is 37.3 Å². The minimum atomic E-state index is -3.80. The SMILES string of the molecule is Cc1cc(F)ccc1S(=O)(=O)NCc1ccc(S(N)(=O)=O)cc1. The van der Waals surface area contributed by atoms with E-state index >= 15 is 0 Å². The molecule has 0 saturated carbocycles. The monoisotopic (exact) mass is 358 g/mol. The van der Waals surface area contributed by atoms with Crippen molar-refractivity contribution in [2.75, 3.05) is 0 Å². The van der Waals surface area contributed by atoms with Gasteiger partial charge >= 0.3 is 0 Å². The zero-order chi connectivity index (χ0) is 17.3. The lowest BCUT2D eigenvalue weighted by atomic mass is 10.2. The summed E-state index contributed by atoms with van der Waals surface area (Å²) in [6.45, 7) is 1.46. The first-order chi connectivity index (χ1) is 10.6. The molecule has 0 fully saturated rings. The molecule has 0 amide bonds. The smallest absolute Gasteiger partial charge is 0.225 e. The number of nitrogens with two attached hydrogens (primary N) is 1. The maximum absolute atomic E-state index is 13.0. The number of nitrogens with one attached hydrogen (secondary N) is 1. The van der Waals surface area contributed by atoms with Gasteiger partial charge in [-0.1, -0.05) is 12.1 Å². The minimum absolute atomic E-state index is 0.0138. The molecular formula is C14H15FN2O4S2. The molecule has 0 atom stereocenters. The summed E-state index contributed by atoms with van der Waals surface area (Å²) in [6, 6.07) is 8.90. The summed E-state index contributed by atoms with van der Waals surface area (Å²) < 4.78 is 62.1. The fourth-order valence-corrected chi connectivity index (χ4v) is 3.73. The van der Waals surface area contributed by atoms with Crippen molar-refractivity contribution in [2.24, 2.45) is 5.14 Å². The Morgan fingerprint density at radius 2 is 1.65 bits per heavy atom. The Labute approximate surface area is 134 Å². The third-order valence-electron chi connectivity index (χ3n) is 3.14. The number of aryl methyl sites for hydroxylation is 1. The highest BCUT2D eigenvalue weighted by Gasteiger charge is 2.17. The van der Waals surface area contributed by atoms with Gasteiger partial charge in [-0.25, -0.2) is 31.1 Å². The van der Waals surface area contributed by atoms with Gasteiger partial charge in [-0.2, -0.15) is 0 Å². The third kappa shape index (κ3) is 4.35. The van der Waals surface area contributed by atoms with Crippen molar-refractivity contribution < 1.29 is 21.2 Å². The Bertz CT molecular complexity index is 924. The highest BCUT2D eigenvalue weighted by Crippen LogP contribution is 2.16. The first kappa shape index (κ1) is 17.5. The second-order valence-electron chi connectivity index (χ2n) is 4.92. The molecular weight excluding hydrogens is 343 g/mol. The van der Waals surface area contributed by atoms with E-state index in [2.05, 4.69) is 4.72 Å². The minimum Gasteiger partial charge on any atom is -0.225 e. The fourth-order valence-electron chi connectivity index (χ4n) is 1.97. The van der Waals surface area contributed by atoms with Gasteiger partial charge in [-0.05, 0) is 48.4 Å². The summed E-state index contributed by atoms with van der Waals surface area (Å²) in [5, 5.41) is 4.98. The molecule has 0 aliphatic heterocycles.